The first-order chi connectivity index (χ1) is 13.4. The predicted molar refractivity (Wildman–Crippen MR) is 118 cm³/mol. The van der Waals surface area contributed by atoms with Gasteiger partial charge < -0.3 is 10.6 Å². The molecule has 0 saturated heterocycles. The van der Waals surface area contributed by atoms with Crippen molar-refractivity contribution in [3.8, 4) is 0 Å². The van der Waals surface area contributed by atoms with Crippen LogP contribution in [0.2, 0.25) is 0 Å². The van der Waals surface area contributed by atoms with Crippen molar-refractivity contribution in [3.05, 3.63) is 89.0 Å². The maximum atomic E-state index is 13.0. The van der Waals surface area contributed by atoms with Gasteiger partial charge in [-0.3, -0.25) is 4.79 Å². The largest absolute Gasteiger partial charge is 0.336 e. The molecular formula is C24H25N3O. The van der Waals surface area contributed by atoms with E-state index in [1.165, 1.54) is 0 Å². The van der Waals surface area contributed by atoms with Gasteiger partial charge in [-0.1, -0.05) is 53.6 Å². The Morgan fingerprint density at radius 3 is 2.04 bits per heavy atom. The Morgan fingerprint density at radius 1 is 0.750 bits per heavy atom. The maximum Gasteiger partial charge on any atom is 0.291 e. The molecule has 0 aromatic heterocycles. The summed E-state index contributed by atoms with van der Waals surface area (Å²) in [5.74, 6) is -0.0334. The number of benzene rings is 3. The van der Waals surface area contributed by atoms with Crippen LogP contribution in [0.3, 0.4) is 0 Å². The van der Waals surface area contributed by atoms with E-state index in [-0.39, 0.29) is 11.7 Å². The van der Waals surface area contributed by atoms with Gasteiger partial charge in [-0.05, 0) is 63.1 Å². The smallest absolute Gasteiger partial charge is 0.291 e. The summed E-state index contributed by atoms with van der Waals surface area (Å²) in [5.41, 5.74) is 6.70. The third kappa shape index (κ3) is 4.86. The molecule has 3 aromatic carbocycles. The Hall–Kier alpha value is -3.40. The van der Waals surface area contributed by atoms with Gasteiger partial charge in [-0.2, -0.15) is 0 Å². The van der Waals surface area contributed by atoms with Gasteiger partial charge in [0.05, 0.1) is 5.69 Å². The molecule has 0 saturated carbocycles. The molecule has 1 amide bonds. The van der Waals surface area contributed by atoms with Gasteiger partial charge in [0.25, 0.3) is 5.91 Å². The summed E-state index contributed by atoms with van der Waals surface area (Å²) < 4.78 is 0. The average Bonchev–Trinajstić information content (AvgIpc) is 2.66. The monoisotopic (exact) mass is 371 g/mol. The van der Waals surface area contributed by atoms with Gasteiger partial charge in [-0.15, -0.1) is 0 Å². The first-order valence-electron chi connectivity index (χ1n) is 9.29. The molecule has 142 valence electrons. The van der Waals surface area contributed by atoms with Crippen LogP contribution in [0.25, 0.3) is 0 Å². The molecule has 4 heteroatoms. The van der Waals surface area contributed by atoms with Crippen LogP contribution >= 0.6 is 0 Å². The topological polar surface area (TPSA) is 53.5 Å². The fourth-order valence-electron chi connectivity index (χ4n) is 2.98. The first-order valence-corrected chi connectivity index (χ1v) is 9.29. The molecule has 4 nitrogen and oxygen atoms in total. The second kappa shape index (κ2) is 8.53. The zero-order valence-electron chi connectivity index (χ0n) is 16.7. The Bertz CT molecular complexity index is 1020. The van der Waals surface area contributed by atoms with Crippen molar-refractivity contribution >= 4 is 28.8 Å². The molecule has 2 N–H and O–H groups in total. The summed E-state index contributed by atoms with van der Waals surface area (Å²) >= 11 is 0. The number of carbonyl (C=O) groups is 1. The third-order valence-corrected chi connectivity index (χ3v) is 4.47. The number of aryl methyl sites for hydroxylation is 4. The number of para-hydroxylation sites is 1. The summed E-state index contributed by atoms with van der Waals surface area (Å²) in [7, 11) is 0. The minimum absolute atomic E-state index is 0.248. The lowest BCUT2D eigenvalue weighted by molar-refractivity contribution is -0.110. The lowest BCUT2D eigenvalue weighted by Gasteiger charge is -2.13. The van der Waals surface area contributed by atoms with E-state index in [1.807, 2.05) is 88.4 Å². The Balaban J connectivity index is 1.95. The van der Waals surface area contributed by atoms with E-state index in [9.17, 15) is 4.79 Å². The molecule has 3 rings (SSSR count). The zero-order chi connectivity index (χ0) is 20.1. The summed E-state index contributed by atoms with van der Waals surface area (Å²) in [5, 5.41) is 6.13. The molecule has 0 atom stereocenters. The standard InChI is InChI=1S/C24H25N3O/c1-16-10-12-21(18(3)14-16)26-23(25-20-8-6-5-7-9-20)24(28)27-22-13-11-17(2)15-19(22)4/h5-15H,1-4H3,(H,25,26)(H,27,28). The van der Waals surface area contributed by atoms with Crippen molar-refractivity contribution in [1.82, 2.24) is 0 Å². The van der Waals surface area contributed by atoms with Crippen molar-refractivity contribution in [2.75, 3.05) is 10.6 Å². The van der Waals surface area contributed by atoms with Gasteiger partial charge in [0, 0.05) is 11.4 Å². The minimum atomic E-state index is -0.282. The van der Waals surface area contributed by atoms with Crippen molar-refractivity contribution in [1.29, 1.82) is 0 Å². The molecule has 0 aliphatic rings. The van der Waals surface area contributed by atoms with Gasteiger partial charge in [0.1, 0.15) is 0 Å². The molecule has 0 radical (unpaired) electrons. The Morgan fingerprint density at radius 2 is 1.39 bits per heavy atom. The van der Waals surface area contributed by atoms with Crippen LogP contribution in [0, 0.1) is 27.7 Å². The first kappa shape index (κ1) is 19.4. The van der Waals surface area contributed by atoms with E-state index in [1.54, 1.807) is 0 Å². The third-order valence-electron chi connectivity index (χ3n) is 4.47. The van der Waals surface area contributed by atoms with Gasteiger partial charge in [0.2, 0.25) is 0 Å². The SMILES string of the molecule is Cc1ccc(N=C(Nc2ccccc2)C(=O)Nc2ccc(C)cc2C)c(C)c1. The number of anilines is 2. The van der Waals surface area contributed by atoms with Crippen molar-refractivity contribution in [2.24, 2.45) is 4.99 Å². The average molecular weight is 371 g/mol. The molecule has 0 aliphatic heterocycles. The van der Waals surface area contributed by atoms with Crippen molar-refractivity contribution in [2.45, 2.75) is 27.7 Å². The van der Waals surface area contributed by atoms with Crippen molar-refractivity contribution in [3.63, 3.8) is 0 Å². The fraction of sp³-hybridized carbons (Fsp3) is 0.167. The Labute approximate surface area is 166 Å². The maximum absolute atomic E-state index is 13.0. The van der Waals surface area contributed by atoms with Gasteiger partial charge >= 0.3 is 0 Å². The van der Waals surface area contributed by atoms with E-state index in [2.05, 4.69) is 21.7 Å². The highest BCUT2D eigenvalue weighted by molar-refractivity contribution is 6.46. The second-order valence-electron chi connectivity index (χ2n) is 7.01. The van der Waals surface area contributed by atoms with Crippen LogP contribution in [0.5, 0.6) is 0 Å². The van der Waals surface area contributed by atoms with E-state index in [0.717, 1.165) is 39.3 Å². The highest BCUT2D eigenvalue weighted by atomic mass is 16.2. The van der Waals surface area contributed by atoms with Crippen LogP contribution in [0.4, 0.5) is 17.1 Å². The number of hydrogen-bond acceptors (Lipinski definition) is 2. The van der Waals surface area contributed by atoms with Crippen LogP contribution in [0.1, 0.15) is 22.3 Å². The number of rotatable bonds is 3. The Kier molecular flexibility index (Phi) is 5.90. The summed E-state index contributed by atoms with van der Waals surface area (Å²) in [6.07, 6.45) is 0. The molecule has 0 heterocycles. The molecule has 0 unspecified atom stereocenters. The van der Waals surface area contributed by atoms with Gasteiger partial charge in [-0.25, -0.2) is 4.99 Å². The summed E-state index contributed by atoms with van der Waals surface area (Å²) in [6, 6.07) is 21.5. The number of amidine groups is 1. The molecule has 0 fully saturated rings. The van der Waals surface area contributed by atoms with E-state index in [4.69, 9.17) is 0 Å². The molecule has 0 spiro atoms. The fourth-order valence-corrected chi connectivity index (χ4v) is 2.98. The highest BCUT2D eigenvalue weighted by Gasteiger charge is 2.14. The van der Waals surface area contributed by atoms with Crippen LogP contribution in [-0.4, -0.2) is 11.7 Å². The van der Waals surface area contributed by atoms with Crippen molar-refractivity contribution < 1.29 is 4.79 Å². The predicted octanol–water partition coefficient (Wildman–Crippen LogP) is 5.70. The van der Waals surface area contributed by atoms with Crippen LogP contribution in [0.15, 0.2) is 71.7 Å². The summed E-state index contributed by atoms with van der Waals surface area (Å²) in [4.78, 5) is 17.7. The van der Waals surface area contributed by atoms with E-state index < -0.39 is 0 Å². The number of nitrogens with zero attached hydrogens (tertiary/aromatic N) is 1. The lowest BCUT2D eigenvalue weighted by Crippen LogP contribution is -2.29. The second-order valence-corrected chi connectivity index (χ2v) is 7.01. The molecule has 28 heavy (non-hydrogen) atoms. The number of hydrogen-bond donors (Lipinski definition) is 2. The highest BCUT2D eigenvalue weighted by Crippen LogP contribution is 2.21. The quantitative estimate of drug-likeness (QED) is 0.458. The number of nitrogens with one attached hydrogen (secondary N) is 2. The minimum Gasteiger partial charge on any atom is -0.336 e. The lowest BCUT2D eigenvalue weighted by atomic mass is 10.1. The normalized spacial score (nSPS) is 11.2. The van der Waals surface area contributed by atoms with Gasteiger partial charge in [0.15, 0.2) is 5.84 Å². The van der Waals surface area contributed by atoms with E-state index in [0.29, 0.717) is 0 Å². The van der Waals surface area contributed by atoms with Crippen LogP contribution in [-0.2, 0) is 4.79 Å². The van der Waals surface area contributed by atoms with Crippen LogP contribution < -0.4 is 10.6 Å². The number of amides is 1. The molecule has 0 aliphatic carbocycles. The number of carbonyl (C=O) groups excluding carboxylic acids is 1. The summed E-state index contributed by atoms with van der Waals surface area (Å²) in [6.45, 7) is 8.04. The number of aliphatic imine (C=N–C) groups is 1. The molecular weight excluding hydrogens is 346 g/mol. The molecule has 3 aromatic rings. The van der Waals surface area contributed by atoms with E-state index >= 15 is 0 Å². The molecule has 0 bridgehead atoms. The zero-order valence-corrected chi connectivity index (χ0v) is 16.7.